The molecule has 0 bridgehead atoms. The van der Waals surface area contributed by atoms with Crippen molar-refractivity contribution in [1.82, 2.24) is 0 Å². The van der Waals surface area contributed by atoms with Crippen LogP contribution in [0.1, 0.15) is 27.4 Å². The highest BCUT2D eigenvalue weighted by atomic mass is 35.5. The number of benzene rings is 3. The molecule has 28 heavy (non-hydrogen) atoms. The predicted molar refractivity (Wildman–Crippen MR) is 109 cm³/mol. The van der Waals surface area contributed by atoms with Crippen molar-refractivity contribution in [3.63, 3.8) is 0 Å². The third-order valence-electron chi connectivity index (χ3n) is 4.56. The fourth-order valence-electron chi connectivity index (χ4n) is 3.19. The molecule has 0 aromatic heterocycles. The van der Waals surface area contributed by atoms with Crippen molar-refractivity contribution < 1.29 is 14.3 Å². The lowest BCUT2D eigenvalue weighted by Crippen LogP contribution is -2.15. The molecular formula is C21H17Cl2FN2O2. The topological polar surface area (TPSA) is 89.3 Å². The first-order valence-electron chi connectivity index (χ1n) is 8.40. The minimum Gasteiger partial charge on any atom is -0.505 e. The number of phenolic OH excluding ortho intramolecular Hbond substituents is 1. The van der Waals surface area contributed by atoms with Crippen molar-refractivity contribution in [3.05, 3.63) is 87.2 Å². The van der Waals surface area contributed by atoms with E-state index in [1.807, 2.05) is 30.3 Å². The fourth-order valence-corrected chi connectivity index (χ4v) is 3.80. The number of phenols is 1. The highest BCUT2D eigenvalue weighted by Gasteiger charge is 2.24. The van der Waals surface area contributed by atoms with Crippen molar-refractivity contribution in [2.24, 2.45) is 11.5 Å². The largest absolute Gasteiger partial charge is 0.505 e. The Morgan fingerprint density at radius 2 is 1.75 bits per heavy atom. The molecule has 1 unspecified atom stereocenters. The van der Waals surface area contributed by atoms with Crippen LogP contribution in [0, 0.1) is 5.82 Å². The van der Waals surface area contributed by atoms with Gasteiger partial charge in [0.2, 0.25) is 5.91 Å². The van der Waals surface area contributed by atoms with Gasteiger partial charge in [-0.05, 0) is 35.4 Å². The van der Waals surface area contributed by atoms with E-state index in [1.54, 1.807) is 6.07 Å². The summed E-state index contributed by atoms with van der Waals surface area (Å²) in [6, 6.07) is 14.8. The normalized spacial score (nSPS) is 12.0. The molecule has 0 radical (unpaired) electrons. The lowest BCUT2D eigenvalue weighted by molar-refractivity contribution is 0.100. The number of primary amides is 1. The maximum absolute atomic E-state index is 14.8. The van der Waals surface area contributed by atoms with Crippen LogP contribution in [0.4, 0.5) is 4.39 Å². The number of hydrogen-bond donors (Lipinski definition) is 3. The van der Waals surface area contributed by atoms with E-state index in [9.17, 15) is 14.3 Å². The van der Waals surface area contributed by atoms with Gasteiger partial charge in [0.15, 0.2) is 11.6 Å². The second kappa shape index (κ2) is 8.19. The molecule has 7 heteroatoms. The van der Waals surface area contributed by atoms with Crippen LogP contribution in [0.25, 0.3) is 11.1 Å². The molecule has 0 heterocycles. The van der Waals surface area contributed by atoms with Crippen LogP contribution in [-0.2, 0) is 0 Å². The van der Waals surface area contributed by atoms with Crippen LogP contribution in [-0.4, -0.2) is 17.6 Å². The molecule has 1 amide bonds. The Labute approximate surface area is 171 Å². The van der Waals surface area contributed by atoms with E-state index in [-0.39, 0.29) is 34.2 Å². The fraction of sp³-hybridized carbons (Fsp3) is 0.0952. The van der Waals surface area contributed by atoms with Crippen molar-refractivity contribution in [1.29, 1.82) is 0 Å². The van der Waals surface area contributed by atoms with Crippen LogP contribution < -0.4 is 11.5 Å². The molecule has 0 aliphatic rings. The van der Waals surface area contributed by atoms with Crippen LogP contribution >= 0.6 is 23.2 Å². The Kier molecular flexibility index (Phi) is 5.89. The monoisotopic (exact) mass is 418 g/mol. The summed E-state index contributed by atoms with van der Waals surface area (Å²) in [7, 11) is 0. The van der Waals surface area contributed by atoms with Gasteiger partial charge in [-0.2, -0.15) is 0 Å². The molecule has 0 aliphatic carbocycles. The SMILES string of the molecule is NCC(c1ccccc1)c1cc(-c2c(C(N)=O)ccc(O)c2F)c(Cl)cc1Cl. The molecule has 1 atom stereocenters. The van der Waals surface area contributed by atoms with E-state index in [0.717, 1.165) is 11.6 Å². The van der Waals surface area contributed by atoms with Gasteiger partial charge in [-0.3, -0.25) is 4.79 Å². The third kappa shape index (κ3) is 3.69. The Balaban J connectivity index is 2.27. The first-order chi connectivity index (χ1) is 13.3. The van der Waals surface area contributed by atoms with E-state index in [1.165, 1.54) is 12.1 Å². The summed E-state index contributed by atoms with van der Waals surface area (Å²) in [5.41, 5.74) is 12.8. The number of aromatic hydroxyl groups is 1. The summed E-state index contributed by atoms with van der Waals surface area (Å²) in [4.78, 5) is 11.8. The van der Waals surface area contributed by atoms with Crippen LogP contribution in [0.3, 0.4) is 0 Å². The summed E-state index contributed by atoms with van der Waals surface area (Å²) < 4.78 is 14.8. The zero-order chi connectivity index (χ0) is 20.4. The Hall–Kier alpha value is -2.60. The smallest absolute Gasteiger partial charge is 0.249 e. The minimum absolute atomic E-state index is 0.102. The molecule has 3 aromatic carbocycles. The summed E-state index contributed by atoms with van der Waals surface area (Å²) in [5, 5.41) is 10.3. The maximum atomic E-state index is 14.8. The lowest BCUT2D eigenvalue weighted by Gasteiger charge is -2.20. The standard InChI is InChI=1S/C21H17Cl2FN2O2/c22-16-9-17(23)14(19-12(21(26)28)6-7-18(27)20(19)24)8-13(16)15(10-25)11-4-2-1-3-5-11/h1-9,15,27H,10,25H2,(H2,26,28). The van der Waals surface area contributed by atoms with Gasteiger partial charge in [0.05, 0.1) is 10.6 Å². The molecule has 3 rings (SSSR count). The average Bonchev–Trinajstić information content (AvgIpc) is 2.67. The molecule has 0 spiro atoms. The van der Waals surface area contributed by atoms with Gasteiger partial charge in [0.25, 0.3) is 0 Å². The second-order valence-electron chi connectivity index (χ2n) is 6.24. The molecule has 4 nitrogen and oxygen atoms in total. The average molecular weight is 419 g/mol. The Morgan fingerprint density at radius 1 is 1.07 bits per heavy atom. The van der Waals surface area contributed by atoms with E-state index >= 15 is 0 Å². The molecule has 0 aliphatic heterocycles. The zero-order valence-electron chi connectivity index (χ0n) is 14.6. The third-order valence-corrected chi connectivity index (χ3v) is 5.20. The molecule has 144 valence electrons. The van der Waals surface area contributed by atoms with Crippen LogP contribution in [0.5, 0.6) is 5.75 Å². The Bertz CT molecular complexity index is 1040. The quantitative estimate of drug-likeness (QED) is 0.560. The predicted octanol–water partition coefficient (Wildman–Crippen LogP) is 4.69. The number of hydrogen-bond acceptors (Lipinski definition) is 3. The first kappa shape index (κ1) is 20.1. The van der Waals surface area contributed by atoms with Crippen LogP contribution in [0.15, 0.2) is 54.6 Å². The molecule has 0 fully saturated rings. The summed E-state index contributed by atoms with van der Waals surface area (Å²) in [6.07, 6.45) is 0. The zero-order valence-corrected chi connectivity index (χ0v) is 16.1. The highest BCUT2D eigenvalue weighted by Crippen LogP contribution is 2.41. The highest BCUT2D eigenvalue weighted by molar-refractivity contribution is 6.37. The summed E-state index contributed by atoms with van der Waals surface area (Å²) in [5.74, 6) is -2.73. The van der Waals surface area contributed by atoms with Gasteiger partial charge in [-0.1, -0.05) is 53.5 Å². The van der Waals surface area contributed by atoms with Crippen molar-refractivity contribution in [2.75, 3.05) is 6.54 Å². The molecule has 0 saturated heterocycles. The second-order valence-corrected chi connectivity index (χ2v) is 7.05. The number of carbonyl (C=O) groups excluding carboxylic acids is 1. The van der Waals surface area contributed by atoms with Gasteiger partial charge in [0, 0.05) is 28.6 Å². The van der Waals surface area contributed by atoms with Gasteiger partial charge in [-0.15, -0.1) is 0 Å². The summed E-state index contributed by atoms with van der Waals surface area (Å²) in [6.45, 7) is 0.246. The van der Waals surface area contributed by atoms with Gasteiger partial charge in [-0.25, -0.2) is 4.39 Å². The molecular weight excluding hydrogens is 402 g/mol. The van der Waals surface area contributed by atoms with Gasteiger partial charge in [0.1, 0.15) is 0 Å². The number of amides is 1. The van der Waals surface area contributed by atoms with Gasteiger partial charge >= 0.3 is 0 Å². The molecule has 5 N–H and O–H groups in total. The lowest BCUT2D eigenvalue weighted by atomic mass is 9.88. The van der Waals surface area contributed by atoms with Crippen molar-refractivity contribution in [3.8, 4) is 16.9 Å². The maximum Gasteiger partial charge on any atom is 0.249 e. The molecule has 0 saturated carbocycles. The van der Waals surface area contributed by atoms with E-state index in [2.05, 4.69) is 0 Å². The number of halogens is 3. The molecule has 3 aromatic rings. The van der Waals surface area contributed by atoms with Crippen molar-refractivity contribution in [2.45, 2.75) is 5.92 Å². The summed E-state index contributed by atoms with van der Waals surface area (Å²) >= 11 is 12.7. The van der Waals surface area contributed by atoms with E-state index < -0.39 is 17.5 Å². The first-order valence-corrected chi connectivity index (χ1v) is 9.16. The van der Waals surface area contributed by atoms with Crippen molar-refractivity contribution >= 4 is 29.1 Å². The number of rotatable bonds is 5. The van der Waals surface area contributed by atoms with E-state index in [4.69, 9.17) is 34.7 Å². The van der Waals surface area contributed by atoms with Gasteiger partial charge < -0.3 is 16.6 Å². The number of nitrogens with two attached hydrogens (primary N) is 2. The van der Waals surface area contributed by atoms with Crippen LogP contribution in [0.2, 0.25) is 10.0 Å². The minimum atomic E-state index is -0.990. The Morgan fingerprint density at radius 3 is 2.36 bits per heavy atom. The number of carbonyl (C=O) groups is 1. The van der Waals surface area contributed by atoms with E-state index in [0.29, 0.717) is 10.6 Å².